The number of benzene rings is 1. The van der Waals surface area contributed by atoms with Crippen molar-refractivity contribution in [3.05, 3.63) is 29.6 Å². The third-order valence-corrected chi connectivity index (χ3v) is 5.08. The van der Waals surface area contributed by atoms with E-state index in [2.05, 4.69) is 0 Å². The molecule has 1 atom stereocenters. The van der Waals surface area contributed by atoms with Gasteiger partial charge in [0.1, 0.15) is 10.7 Å². The second-order valence-electron chi connectivity index (χ2n) is 4.62. The molecule has 2 rings (SSSR count). The summed E-state index contributed by atoms with van der Waals surface area (Å²) in [6.45, 7) is 1.67. The molecule has 0 spiro atoms. The quantitative estimate of drug-likeness (QED) is 0.907. The number of halogens is 1. The van der Waals surface area contributed by atoms with E-state index in [0.29, 0.717) is 5.56 Å². The van der Waals surface area contributed by atoms with Crippen molar-refractivity contribution in [3.8, 4) is 0 Å². The molecule has 1 fully saturated rings. The highest BCUT2D eigenvalue weighted by Crippen LogP contribution is 2.26. The molecule has 1 aromatic carbocycles. The van der Waals surface area contributed by atoms with E-state index in [1.54, 1.807) is 6.92 Å². The van der Waals surface area contributed by atoms with Crippen LogP contribution in [-0.4, -0.2) is 36.9 Å². The highest BCUT2D eigenvalue weighted by atomic mass is 32.2. The molecule has 0 aliphatic carbocycles. The first-order valence-electron chi connectivity index (χ1n) is 5.81. The van der Waals surface area contributed by atoms with Crippen LogP contribution in [0.4, 0.5) is 4.39 Å². The highest BCUT2D eigenvalue weighted by molar-refractivity contribution is 7.89. The standard InChI is InChI=1S/C12H14FNO4S/c1-8-2-3-10(13)11(6-8)19(17,18)14-5-4-9(7-14)12(15)16/h2-3,6,9H,4-5,7H2,1H3,(H,15,16)/t9-/m0/s1. The van der Waals surface area contributed by atoms with Crippen LogP contribution in [0.3, 0.4) is 0 Å². The molecule has 0 aromatic heterocycles. The molecule has 0 bridgehead atoms. The van der Waals surface area contributed by atoms with Crippen LogP contribution in [0.25, 0.3) is 0 Å². The molecular formula is C12H14FNO4S. The van der Waals surface area contributed by atoms with Crippen molar-refractivity contribution in [1.29, 1.82) is 0 Å². The van der Waals surface area contributed by atoms with Crippen LogP contribution in [0, 0.1) is 18.7 Å². The number of hydrogen-bond acceptors (Lipinski definition) is 3. The molecule has 5 nitrogen and oxygen atoms in total. The summed E-state index contributed by atoms with van der Waals surface area (Å²) in [5, 5.41) is 8.87. The molecule has 0 radical (unpaired) electrons. The largest absolute Gasteiger partial charge is 0.481 e. The zero-order valence-corrected chi connectivity index (χ0v) is 11.2. The molecule has 104 valence electrons. The number of carboxylic acid groups (broad SMARTS) is 1. The maximum Gasteiger partial charge on any atom is 0.307 e. The Kier molecular flexibility index (Phi) is 3.60. The zero-order valence-electron chi connectivity index (χ0n) is 10.3. The van der Waals surface area contributed by atoms with Crippen LogP contribution in [0.15, 0.2) is 23.1 Å². The van der Waals surface area contributed by atoms with Crippen molar-refractivity contribution in [2.24, 2.45) is 5.92 Å². The normalized spacial score (nSPS) is 20.6. The van der Waals surface area contributed by atoms with Crippen LogP contribution >= 0.6 is 0 Å². The third kappa shape index (κ3) is 2.62. The molecule has 1 aliphatic heterocycles. The van der Waals surface area contributed by atoms with Gasteiger partial charge in [-0.25, -0.2) is 12.8 Å². The average Bonchev–Trinajstić information content (AvgIpc) is 2.82. The smallest absolute Gasteiger partial charge is 0.307 e. The van der Waals surface area contributed by atoms with Gasteiger partial charge in [0.15, 0.2) is 0 Å². The van der Waals surface area contributed by atoms with Crippen molar-refractivity contribution in [3.63, 3.8) is 0 Å². The molecule has 0 amide bonds. The van der Waals surface area contributed by atoms with Gasteiger partial charge in [0.25, 0.3) is 0 Å². The summed E-state index contributed by atoms with van der Waals surface area (Å²) in [6, 6.07) is 3.85. The van der Waals surface area contributed by atoms with E-state index in [1.165, 1.54) is 12.1 Å². The van der Waals surface area contributed by atoms with Gasteiger partial charge in [-0.15, -0.1) is 0 Å². The maximum absolute atomic E-state index is 13.7. The Hall–Kier alpha value is -1.47. The van der Waals surface area contributed by atoms with Gasteiger partial charge in [0.2, 0.25) is 10.0 Å². The van der Waals surface area contributed by atoms with Crippen molar-refractivity contribution >= 4 is 16.0 Å². The minimum absolute atomic E-state index is 0.104. The van der Waals surface area contributed by atoms with Gasteiger partial charge < -0.3 is 5.11 Å². The van der Waals surface area contributed by atoms with Crippen molar-refractivity contribution < 1.29 is 22.7 Å². The molecule has 1 saturated heterocycles. The molecule has 19 heavy (non-hydrogen) atoms. The number of nitrogens with zero attached hydrogens (tertiary/aromatic N) is 1. The van der Waals surface area contributed by atoms with E-state index >= 15 is 0 Å². The lowest BCUT2D eigenvalue weighted by molar-refractivity contribution is -0.141. The van der Waals surface area contributed by atoms with E-state index < -0.39 is 32.6 Å². The van der Waals surface area contributed by atoms with E-state index in [-0.39, 0.29) is 19.5 Å². The van der Waals surface area contributed by atoms with Crippen LogP contribution < -0.4 is 0 Å². The first-order chi connectivity index (χ1) is 8.82. The van der Waals surface area contributed by atoms with Crippen LogP contribution in [0.5, 0.6) is 0 Å². The minimum Gasteiger partial charge on any atom is -0.481 e. The predicted octanol–water partition coefficient (Wildman–Crippen LogP) is 1.23. The molecule has 1 aliphatic rings. The summed E-state index contributed by atoms with van der Waals surface area (Å²) in [5.74, 6) is -2.56. The summed E-state index contributed by atoms with van der Waals surface area (Å²) in [7, 11) is -3.96. The van der Waals surface area contributed by atoms with Gasteiger partial charge in [-0.2, -0.15) is 4.31 Å². The lowest BCUT2D eigenvalue weighted by Crippen LogP contribution is -2.30. The molecule has 0 saturated carbocycles. The Bertz CT molecular complexity index is 614. The van der Waals surface area contributed by atoms with Gasteiger partial charge in [0, 0.05) is 13.1 Å². The molecule has 1 N–H and O–H groups in total. The molecule has 0 unspecified atom stereocenters. The fourth-order valence-corrected chi connectivity index (χ4v) is 3.74. The fraction of sp³-hybridized carbons (Fsp3) is 0.417. The van der Waals surface area contributed by atoms with E-state index in [9.17, 15) is 17.6 Å². The number of carbonyl (C=O) groups is 1. The van der Waals surface area contributed by atoms with Gasteiger partial charge in [-0.1, -0.05) is 6.07 Å². The Balaban J connectivity index is 2.33. The monoisotopic (exact) mass is 287 g/mol. The van der Waals surface area contributed by atoms with Gasteiger partial charge >= 0.3 is 5.97 Å². The Morgan fingerprint density at radius 3 is 2.74 bits per heavy atom. The number of aryl methyl sites for hydroxylation is 1. The second kappa shape index (κ2) is 4.90. The zero-order chi connectivity index (χ0) is 14.2. The first kappa shape index (κ1) is 14.0. The molecular weight excluding hydrogens is 273 g/mol. The maximum atomic E-state index is 13.7. The van der Waals surface area contributed by atoms with Crippen molar-refractivity contribution in [2.75, 3.05) is 13.1 Å². The molecule has 1 aromatic rings. The summed E-state index contributed by atoms with van der Waals surface area (Å²) in [4.78, 5) is 10.4. The van der Waals surface area contributed by atoms with Gasteiger partial charge in [-0.05, 0) is 31.0 Å². The third-order valence-electron chi connectivity index (χ3n) is 3.20. The van der Waals surface area contributed by atoms with E-state index in [1.807, 2.05) is 0 Å². The Morgan fingerprint density at radius 1 is 1.47 bits per heavy atom. The summed E-state index contributed by atoms with van der Waals surface area (Å²) >= 11 is 0. The number of hydrogen-bond donors (Lipinski definition) is 1. The van der Waals surface area contributed by atoms with Gasteiger partial charge in [-0.3, -0.25) is 4.79 Å². The molecule has 7 heteroatoms. The number of carboxylic acids is 1. The molecule has 1 heterocycles. The fourth-order valence-electron chi connectivity index (χ4n) is 2.10. The number of aliphatic carboxylic acids is 1. The van der Waals surface area contributed by atoms with Crippen LogP contribution in [0.2, 0.25) is 0 Å². The highest BCUT2D eigenvalue weighted by Gasteiger charge is 2.36. The lowest BCUT2D eigenvalue weighted by Gasteiger charge is -2.16. The second-order valence-corrected chi connectivity index (χ2v) is 6.53. The first-order valence-corrected chi connectivity index (χ1v) is 7.25. The minimum atomic E-state index is -3.96. The lowest BCUT2D eigenvalue weighted by atomic mass is 10.1. The predicted molar refractivity (Wildman–Crippen MR) is 65.6 cm³/mol. The summed E-state index contributed by atoms with van der Waals surface area (Å²) in [5.41, 5.74) is 0.633. The van der Waals surface area contributed by atoms with Crippen molar-refractivity contribution in [1.82, 2.24) is 4.31 Å². The number of rotatable bonds is 3. The number of sulfonamides is 1. The van der Waals surface area contributed by atoms with Crippen molar-refractivity contribution in [2.45, 2.75) is 18.2 Å². The topological polar surface area (TPSA) is 74.7 Å². The Labute approximate surface area is 110 Å². The van der Waals surface area contributed by atoms with Crippen LogP contribution in [0.1, 0.15) is 12.0 Å². The van der Waals surface area contributed by atoms with Gasteiger partial charge in [0.05, 0.1) is 5.92 Å². The van der Waals surface area contributed by atoms with Crippen LogP contribution in [-0.2, 0) is 14.8 Å². The summed E-state index contributed by atoms with van der Waals surface area (Å²) in [6.07, 6.45) is 0.252. The Morgan fingerprint density at radius 2 is 2.16 bits per heavy atom. The summed E-state index contributed by atoms with van der Waals surface area (Å²) < 4.78 is 39.2. The average molecular weight is 287 g/mol. The van der Waals surface area contributed by atoms with E-state index in [0.717, 1.165) is 10.4 Å². The SMILES string of the molecule is Cc1ccc(F)c(S(=O)(=O)N2CC[C@H](C(=O)O)C2)c1. The van der Waals surface area contributed by atoms with E-state index in [4.69, 9.17) is 5.11 Å².